The van der Waals surface area contributed by atoms with Crippen LogP contribution in [-0.4, -0.2) is 34.9 Å². The van der Waals surface area contributed by atoms with Crippen LogP contribution >= 0.6 is 0 Å². The van der Waals surface area contributed by atoms with Crippen molar-refractivity contribution >= 4 is 5.91 Å². The summed E-state index contributed by atoms with van der Waals surface area (Å²) in [5.74, 6) is -0.0915. The summed E-state index contributed by atoms with van der Waals surface area (Å²) in [5, 5.41) is 22.8. The molecule has 3 N–H and O–H groups in total. The highest BCUT2D eigenvalue weighted by Crippen LogP contribution is 2.11. The van der Waals surface area contributed by atoms with Crippen molar-refractivity contribution in [2.24, 2.45) is 0 Å². The molecule has 4 nitrogen and oxygen atoms in total. The van der Waals surface area contributed by atoms with Crippen LogP contribution in [0.3, 0.4) is 0 Å². The summed E-state index contributed by atoms with van der Waals surface area (Å²) in [5.41, 5.74) is 0. The summed E-state index contributed by atoms with van der Waals surface area (Å²) in [7, 11) is 0. The van der Waals surface area contributed by atoms with Gasteiger partial charge in [-0.1, -0.05) is 163 Å². The Bertz CT molecular complexity index is 879. The number of hydrogen-bond acceptors (Lipinski definition) is 3. The van der Waals surface area contributed by atoms with Gasteiger partial charge in [0, 0.05) is 6.42 Å². The van der Waals surface area contributed by atoms with Crippen LogP contribution in [0.1, 0.15) is 162 Å². The molecule has 0 bridgehead atoms. The molecular formula is C43H73NO3. The number of allylic oxidation sites excluding steroid dienone is 13. The third kappa shape index (κ3) is 34.7. The standard InChI is InChI=1S/C43H73NO3/c1-3-5-7-9-11-13-15-17-18-19-20-21-22-23-24-25-26-27-29-31-33-35-37-39-43(47)44-41(40-45)42(46)38-36-34-32-30-28-16-14-12-10-8-6-4-2/h5,7,11,13,17-18,20-21,23-24,28,30,36,38,41-42,45-46H,3-4,6,8-10,12,14-16,19,22,25-27,29,31-35,37,39-40H2,1-2H3,(H,44,47)/b7-5-,13-11-,18-17-,21-20-,24-23-,30-28+,38-36+. The summed E-state index contributed by atoms with van der Waals surface area (Å²) >= 11 is 0. The maximum absolute atomic E-state index is 12.3. The number of amides is 1. The predicted octanol–water partition coefficient (Wildman–Crippen LogP) is 11.7. The highest BCUT2D eigenvalue weighted by Gasteiger charge is 2.17. The third-order valence-electron chi connectivity index (χ3n) is 8.11. The van der Waals surface area contributed by atoms with Crippen molar-refractivity contribution in [2.75, 3.05) is 6.61 Å². The van der Waals surface area contributed by atoms with Crippen molar-refractivity contribution < 1.29 is 15.0 Å². The minimum atomic E-state index is -0.870. The van der Waals surface area contributed by atoms with Crippen molar-refractivity contribution in [2.45, 2.75) is 174 Å². The summed E-state index contributed by atoms with van der Waals surface area (Å²) in [4.78, 5) is 12.3. The Labute approximate surface area is 291 Å². The number of carbonyl (C=O) groups is 1. The van der Waals surface area contributed by atoms with Crippen LogP contribution in [0.15, 0.2) is 85.1 Å². The van der Waals surface area contributed by atoms with E-state index in [1.54, 1.807) is 6.08 Å². The third-order valence-corrected chi connectivity index (χ3v) is 8.11. The molecule has 0 heterocycles. The number of nitrogens with one attached hydrogen (secondary N) is 1. The van der Waals surface area contributed by atoms with Gasteiger partial charge < -0.3 is 15.5 Å². The molecule has 0 aromatic heterocycles. The first-order valence-corrected chi connectivity index (χ1v) is 19.3. The Balaban J connectivity index is 3.70. The minimum Gasteiger partial charge on any atom is -0.394 e. The van der Waals surface area contributed by atoms with E-state index in [2.05, 4.69) is 92.1 Å². The molecule has 0 aliphatic heterocycles. The number of unbranched alkanes of at least 4 members (excludes halogenated alkanes) is 14. The second kappa shape index (κ2) is 38.0. The lowest BCUT2D eigenvalue weighted by Gasteiger charge is -2.19. The van der Waals surface area contributed by atoms with Crippen molar-refractivity contribution in [1.29, 1.82) is 0 Å². The second-order valence-corrected chi connectivity index (χ2v) is 12.6. The molecule has 2 atom stereocenters. The maximum Gasteiger partial charge on any atom is 0.220 e. The van der Waals surface area contributed by atoms with Crippen molar-refractivity contribution in [3.8, 4) is 0 Å². The molecule has 0 aromatic rings. The van der Waals surface area contributed by atoms with E-state index in [1.165, 1.54) is 64.2 Å². The normalized spacial score (nSPS) is 14.0. The van der Waals surface area contributed by atoms with Crippen LogP contribution in [0.4, 0.5) is 0 Å². The minimum absolute atomic E-state index is 0.0915. The van der Waals surface area contributed by atoms with E-state index in [0.29, 0.717) is 6.42 Å². The fraction of sp³-hybridized carbons (Fsp3) is 0.651. The highest BCUT2D eigenvalue weighted by molar-refractivity contribution is 5.76. The average molecular weight is 652 g/mol. The summed E-state index contributed by atoms with van der Waals surface area (Å²) in [6.45, 7) is 4.14. The van der Waals surface area contributed by atoms with Crippen LogP contribution in [0.25, 0.3) is 0 Å². The van der Waals surface area contributed by atoms with Crippen LogP contribution in [0.5, 0.6) is 0 Å². The van der Waals surface area contributed by atoms with Gasteiger partial charge in [0.2, 0.25) is 5.91 Å². The molecule has 0 rings (SSSR count). The van der Waals surface area contributed by atoms with Crippen LogP contribution in [0, 0.1) is 0 Å². The molecule has 0 saturated carbocycles. The summed E-state index contributed by atoms with van der Waals surface area (Å²) < 4.78 is 0. The van der Waals surface area contributed by atoms with Crippen molar-refractivity contribution in [3.05, 3.63) is 85.1 Å². The Hall–Kier alpha value is -2.43. The lowest BCUT2D eigenvalue weighted by atomic mass is 10.1. The van der Waals surface area contributed by atoms with E-state index in [-0.39, 0.29) is 12.5 Å². The molecule has 0 aliphatic rings. The largest absolute Gasteiger partial charge is 0.394 e. The molecule has 1 amide bonds. The van der Waals surface area contributed by atoms with Gasteiger partial charge in [-0.05, 0) is 77.0 Å². The molecule has 268 valence electrons. The first-order valence-electron chi connectivity index (χ1n) is 19.3. The molecule has 4 heteroatoms. The molecule has 47 heavy (non-hydrogen) atoms. The Kier molecular flexibility index (Phi) is 36.1. The Morgan fingerprint density at radius 1 is 0.532 bits per heavy atom. The zero-order valence-corrected chi connectivity index (χ0v) is 30.5. The van der Waals surface area contributed by atoms with Crippen LogP contribution in [-0.2, 0) is 4.79 Å². The zero-order chi connectivity index (χ0) is 34.3. The lowest BCUT2D eigenvalue weighted by molar-refractivity contribution is -0.123. The fourth-order valence-electron chi connectivity index (χ4n) is 5.16. The number of rotatable bonds is 33. The van der Waals surface area contributed by atoms with Gasteiger partial charge in [-0.2, -0.15) is 0 Å². The first kappa shape index (κ1) is 44.6. The average Bonchev–Trinajstić information content (AvgIpc) is 3.07. The van der Waals surface area contributed by atoms with E-state index in [1.807, 2.05) is 6.08 Å². The molecule has 0 aromatic carbocycles. The van der Waals surface area contributed by atoms with Gasteiger partial charge in [0.05, 0.1) is 18.8 Å². The van der Waals surface area contributed by atoms with Gasteiger partial charge in [-0.25, -0.2) is 0 Å². The maximum atomic E-state index is 12.3. The van der Waals surface area contributed by atoms with Gasteiger partial charge in [0.15, 0.2) is 0 Å². The first-order chi connectivity index (χ1) is 23.2. The van der Waals surface area contributed by atoms with Gasteiger partial charge in [-0.3, -0.25) is 4.79 Å². The molecule has 0 fully saturated rings. The predicted molar refractivity (Wildman–Crippen MR) is 207 cm³/mol. The molecular weight excluding hydrogens is 578 g/mol. The zero-order valence-electron chi connectivity index (χ0n) is 30.5. The monoisotopic (exact) mass is 652 g/mol. The smallest absolute Gasteiger partial charge is 0.220 e. The van der Waals surface area contributed by atoms with Gasteiger partial charge in [0.1, 0.15) is 0 Å². The number of hydrogen-bond donors (Lipinski definition) is 3. The van der Waals surface area contributed by atoms with E-state index < -0.39 is 12.1 Å². The van der Waals surface area contributed by atoms with E-state index in [0.717, 1.165) is 77.0 Å². The summed E-state index contributed by atoms with van der Waals surface area (Å²) in [6.07, 6.45) is 55.3. The van der Waals surface area contributed by atoms with E-state index >= 15 is 0 Å². The quantitative estimate of drug-likeness (QED) is 0.0488. The topological polar surface area (TPSA) is 69.6 Å². The molecule has 0 spiro atoms. The molecule has 0 aliphatic carbocycles. The second-order valence-electron chi connectivity index (χ2n) is 12.6. The van der Waals surface area contributed by atoms with Crippen molar-refractivity contribution in [3.63, 3.8) is 0 Å². The molecule has 2 unspecified atom stereocenters. The number of aliphatic hydroxyl groups excluding tert-OH is 2. The van der Waals surface area contributed by atoms with Crippen molar-refractivity contribution in [1.82, 2.24) is 5.32 Å². The van der Waals surface area contributed by atoms with Crippen LogP contribution in [0.2, 0.25) is 0 Å². The lowest BCUT2D eigenvalue weighted by Crippen LogP contribution is -2.45. The van der Waals surface area contributed by atoms with Gasteiger partial charge in [-0.15, -0.1) is 0 Å². The van der Waals surface area contributed by atoms with E-state index in [9.17, 15) is 15.0 Å². The molecule has 0 saturated heterocycles. The van der Waals surface area contributed by atoms with Gasteiger partial charge in [0.25, 0.3) is 0 Å². The number of aliphatic hydroxyl groups is 2. The Morgan fingerprint density at radius 3 is 1.49 bits per heavy atom. The summed E-state index contributed by atoms with van der Waals surface area (Å²) in [6, 6.07) is -0.648. The van der Waals surface area contributed by atoms with Gasteiger partial charge >= 0.3 is 0 Å². The van der Waals surface area contributed by atoms with Crippen LogP contribution < -0.4 is 5.32 Å². The van der Waals surface area contributed by atoms with E-state index in [4.69, 9.17) is 0 Å². The SMILES string of the molecule is CC/C=C\C/C=C\C/C=C\C/C=C\C/C=C\CCCCCCCCCC(=O)NC(CO)C(O)/C=C/CC/C=C/CCCCCCCC. The fourth-order valence-corrected chi connectivity index (χ4v) is 5.16. The number of carbonyl (C=O) groups excluding carboxylic acids is 1. The Morgan fingerprint density at radius 2 is 0.957 bits per heavy atom. The molecule has 0 radical (unpaired) electrons. The highest BCUT2D eigenvalue weighted by atomic mass is 16.3.